The molecule has 6 rings (SSSR count). The molecule has 0 amide bonds. The highest BCUT2D eigenvalue weighted by Gasteiger charge is 2.22. The van der Waals surface area contributed by atoms with E-state index in [-0.39, 0.29) is 0 Å². The first kappa shape index (κ1) is 14.8. The van der Waals surface area contributed by atoms with Crippen molar-refractivity contribution in [2.45, 2.75) is 6.42 Å². The molecule has 0 saturated heterocycles. The van der Waals surface area contributed by atoms with Gasteiger partial charge in [-0.05, 0) is 67.4 Å². The molecule has 0 atom stereocenters. The van der Waals surface area contributed by atoms with E-state index in [0.717, 1.165) is 6.42 Å². The van der Waals surface area contributed by atoms with Crippen LogP contribution in [0.3, 0.4) is 0 Å². The molecule has 27 heavy (non-hydrogen) atoms. The summed E-state index contributed by atoms with van der Waals surface area (Å²) in [6.45, 7) is 0. The molecule has 0 bridgehead atoms. The predicted octanol–water partition coefficient (Wildman–Crippen LogP) is 7.23. The van der Waals surface area contributed by atoms with Crippen molar-refractivity contribution in [3.8, 4) is 22.3 Å². The maximum atomic E-state index is 2.37. The Morgan fingerprint density at radius 3 is 1.96 bits per heavy atom. The van der Waals surface area contributed by atoms with E-state index in [1.165, 1.54) is 54.9 Å². The van der Waals surface area contributed by atoms with Gasteiger partial charge in [-0.1, -0.05) is 91.0 Å². The number of hydrogen-bond acceptors (Lipinski definition) is 0. The molecule has 0 heteroatoms. The van der Waals surface area contributed by atoms with E-state index in [4.69, 9.17) is 0 Å². The van der Waals surface area contributed by atoms with Gasteiger partial charge in [-0.25, -0.2) is 0 Å². The Kier molecular flexibility index (Phi) is 3.04. The van der Waals surface area contributed by atoms with Gasteiger partial charge in [0, 0.05) is 0 Å². The molecule has 5 aromatic rings. The van der Waals surface area contributed by atoms with Crippen LogP contribution in [-0.4, -0.2) is 0 Å². The van der Waals surface area contributed by atoms with Crippen LogP contribution in [0.4, 0.5) is 0 Å². The minimum Gasteiger partial charge on any atom is -0.0619 e. The molecule has 0 saturated carbocycles. The van der Waals surface area contributed by atoms with Gasteiger partial charge in [-0.3, -0.25) is 0 Å². The zero-order valence-electron chi connectivity index (χ0n) is 14.9. The van der Waals surface area contributed by atoms with Gasteiger partial charge in [-0.15, -0.1) is 0 Å². The second-order valence-corrected chi connectivity index (χ2v) is 7.36. The van der Waals surface area contributed by atoms with Crippen molar-refractivity contribution in [1.29, 1.82) is 0 Å². The van der Waals surface area contributed by atoms with Gasteiger partial charge in [0.1, 0.15) is 0 Å². The molecular formula is C27H18. The molecule has 126 valence electrons. The number of fused-ring (bicyclic) bond motifs is 6. The molecule has 0 unspecified atom stereocenters. The van der Waals surface area contributed by atoms with Gasteiger partial charge < -0.3 is 0 Å². The van der Waals surface area contributed by atoms with Crippen molar-refractivity contribution < 1.29 is 0 Å². The third-order valence-electron chi connectivity index (χ3n) is 5.91. The molecule has 0 aliphatic heterocycles. The van der Waals surface area contributed by atoms with E-state index >= 15 is 0 Å². The average molecular weight is 342 g/mol. The highest BCUT2D eigenvalue weighted by Crippen LogP contribution is 2.44. The zero-order valence-corrected chi connectivity index (χ0v) is 14.9. The van der Waals surface area contributed by atoms with E-state index in [9.17, 15) is 0 Å². The summed E-state index contributed by atoms with van der Waals surface area (Å²) >= 11 is 0. The average Bonchev–Trinajstić information content (AvgIpc) is 3.12. The Balaban J connectivity index is 1.70. The van der Waals surface area contributed by atoms with Crippen molar-refractivity contribution in [3.63, 3.8) is 0 Å². The van der Waals surface area contributed by atoms with Crippen molar-refractivity contribution >= 4 is 21.5 Å². The van der Waals surface area contributed by atoms with Crippen molar-refractivity contribution in [2.75, 3.05) is 0 Å². The quantitative estimate of drug-likeness (QED) is 0.276. The third kappa shape index (κ3) is 2.10. The lowest BCUT2D eigenvalue weighted by Crippen LogP contribution is -1.90. The minimum absolute atomic E-state index is 1.02. The maximum absolute atomic E-state index is 2.37. The molecule has 5 aromatic carbocycles. The topological polar surface area (TPSA) is 0 Å². The third-order valence-corrected chi connectivity index (χ3v) is 5.91. The molecule has 0 radical (unpaired) electrons. The summed E-state index contributed by atoms with van der Waals surface area (Å²) in [6, 6.07) is 35.5. The number of hydrogen-bond donors (Lipinski definition) is 0. The van der Waals surface area contributed by atoms with Crippen molar-refractivity contribution in [3.05, 3.63) is 108 Å². The van der Waals surface area contributed by atoms with E-state index < -0.39 is 0 Å². The van der Waals surface area contributed by atoms with Crippen LogP contribution in [0.15, 0.2) is 97.1 Å². The summed E-state index contributed by atoms with van der Waals surface area (Å²) in [6.07, 6.45) is 1.02. The highest BCUT2D eigenvalue weighted by atomic mass is 14.3. The lowest BCUT2D eigenvalue weighted by Gasteiger charge is -2.14. The Bertz CT molecular complexity index is 1340. The summed E-state index contributed by atoms with van der Waals surface area (Å²) in [4.78, 5) is 0. The lowest BCUT2D eigenvalue weighted by atomic mass is 9.89. The van der Waals surface area contributed by atoms with Crippen LogP contribution in [0.1, 0.15) is 11.1 Å². The number of benzene rings is 5. The Labute approximate surface area is 158 Å². The summed E-state index contributed by atoms with van der Waals surface area (Å²) in [7, 11) is 0. The molecule has 0 heterocycles. The Morgan fingerprint density at radius 1 is 0.444 bits per heavy atom. The first-order chi connectivity index (χ1) is 13.4. The van der Waals surface area contributed by atoms with Crippen LogP contribution in [0.2, 0.25) is 0 Å². The fourth-order valence-corrected chi connectivity index (χ4v) is 4.69. The minimum atomic E-state index is 1.02. The number of rotatable bonds is 1. The largest absolute Gasteiger partial charge is 0.0619 e. The van der Waals surface area contributed by atoms with Gasteiger partial charge in [-0.2, -0.15) is 0 Å². The van der Waals surface area contributed by atoms with E-state index in [2.05, 4.69) is 97.1 Å². The van der Waals surface area contributed by atoms with Crippen LogP contribution >= 0.6 is 0 Å². The van der Waals surface area contributed by atoms with Crippen molar-refractivity contribution in [1.82, 2.24) is 0 Å². The Morgan fingerprint density at radius 2 is 1.07 bits per heavy atom. The second kappa shape index (κ2) is 5.56. The van der Waals surface area contributed by atoms with Gasteiger partial charge in [0.2, 0.25) is 0 Å². The monoisotopic (exact) mass is 342 g/mol. The molecular weight excluding hydrogens is 324 g/mol. The predicted molar refractivity (Wildman–Crippen MR) is 115 cm³/mol. The zero-order chi connectivity index (χ0) is 17.8. The Hall–Kier alpha value is -3.38. The normalized spacial score (nSPS) is 12.3. The van der Waals surface area contributed by atoms with Crippen LogP contribution in [0.5, 0.6) is 0 Å². The van der Waals surface area contributed by atoms with E-state index in [0.29, 0.717) is 0 Å². The summed E-state index contributed by atoms with van der Waals surface area (Å²) in [5.41, 5.74) is 8.38. The molecule has 0 N–H and O–H groups in total. The van der Waals surface area contributed by atoms with Crippen LogP contribution in [-0.2, 0) is 6.42 Å². The van der Waals surface area contributed by atoms with E-state index in [1.54, 1.807) is 0 Å². The summed E-state index contributed by atoms with van der Waals surface area (Å²) in [5, 5.41) is 5.30. The molecule has 0 nitrogen and oxygen atoms in total. The van der Waals surface area contributed by atoms with E-state index in [1.807, 2.05) is 0 Å². The van der Waals surface area contributed by atoms with Gasteiger partial charge >= 0.3 is 0 Å². The lowest BCUT2D eigenvalue weighted by molar-refractivity contribution is 1.27. The maximum Gasteiger partial charge on any atom is -0.000728 e. The first-order valence-corrected chi connectivity index (χ1v) is 9.51. The molecule has 0 fully saturated rings. The van der Waals surface area contributed by atoms with Gasteiger partial charge in [0.05, 0.1) is 0 Å². The van der Waals surface area contributed by atoms with Crippen LogP contribution in [0.25, 0.3) is 43.8 Å². The standard InChI is InChI=1S/C27H18/c1-3-10-20-18(8-1)17-27(24-13-6-5-12-22(20)24)25-15-7-14-23-21-11-4-2-9-19(21)16-26(23)25/h1-15,17H,16H2. The first-order valence-electron chi connectivity index (χ1n) is 9.51. The smallest absolute Gasteiger partial charge is 0.000728 e. The second-order valence-electron chi connectivity index (χ2n) is 7.36. The fourth-order valence-electron chi connectivity index (χ4n) is 4.69. The molecule has 0 spiro atoms. The fraction of sp³-hybridized carbons (Fsp3) is 0.0370. The molecule has 1 aliphatic rings. The highest BCUT2D eigenvalue weighted by molar-refractivity contribution is 6.14. The summed E-state index contributed by atoms with van der Waals surface area (Å²) in [5.74, 6) is 0. The summed E-state index contributed by atoms with van der Waals surface area (Å²) < 4.78 is 0. The van der Waals surface area contributed by atoms with Gasteiger partial charge in [0.15, 0.2) is 0 Å². The molecule has 1 aliphatic carbocycles. The van der Waals surface area contributed by atoms with Crippen LogP contribution < -0.4 is 0 Å². The molecule has 0 aromatic heterocycles. The SMILES string of the molecule is c1ccc2c(c1)Cc1c-2cccc1-c1cc2ccccc2c2ccccc12. The van der Waals surface area contributed by atoms with Crippen LogP contribution in [0, 0.1) is 0 Å². The van der Waals surface area contributed by atoms with Gasteiger partial charge in [0.25, 0.3) is 0 Å². The van der Waals surface area contributed by atoms with Crippen molar-refractivity contribution in [2.24, 2.45) is 0 Å².